The number of amides is 1. The van der Waals surface area contributed by atoms with Gasteiger partial charge in [-0.15, -0.1) is 0 Å². The van der Waals surface area contributed by atoms with Crippen LogP contribution in [0, 0.1) is 0 Å². The van der Waals surface area contributed by atoms with Crippen LogP contribution in [0.1, 0.15) is 21.5 Å². The minimum Gasteiger partial charge on any atom is -0.399 e. The molecule has 0 bridgehead atoms. The molecule has 0 unspecified atom stereocenters. The van der Waals surface area contributed by atoms with E-state index in [1.807, 2.05) is 17.0 Å². The summed E-state index contributed by atoms with van der Waals surface area (Å²) in [5.41, 5.74) is 9.66. The van der Waals surface area contributed by atoms with E-state index in [9.17, 15) is 4.79 Å². The highest BCUT2D eigenvalue weighted by molar-refractivity contribution is 5.94. The number of carbonyl (C=O) groups excluding carboxylic acids is 1. The van der Waals surface area contributed by atoms with Crippen molar-refractivity contribution in [2.45, 2.75) is 13.0 Å². The van der Waals surface area contributed by atoms with Crippen LogP contribution in [0.4, 0.5) is 5.69 Å². The summed E-state index contributed by atoms with van der Waals surface area (Å²) in [5.74, 6) is 0.0514. The molecule has 3 rings (SSSR count). The summed E-state index contributed by atoms with van der Waals surface area (Å²) in [6.45, 7) is 1.37. The zero-order valence-corrected chi connectivity index (χ0v) is 10.5. The van der Waals surface area contributed by atoms with Crippen LogP contribution in [0.2, 0.25) is 0 Å². The van der Waals surface area contributed by atoms with E-state index in [1.165, 1.54) is 5.56 Å². The van der Waals surface area contributed by atoms with Gasteiger partial charge in [-0.3, -0.25) is 9.78 Å². The van der Waals surface area contributed by atoms with Gasteiger partial charge in [-0.2, -0.15) is 0 Å². The van der Waals surface area contributed by atoms with Crippen LogP contribution >= 0.6 is 0 Å². The van der Waals surface area contributed by atoms with E-state index in [1.54, 1.807) is 24.5 Å². The third-order valence-corrected chi connectivity index (χ3v) is 3.46. The summed E-state index contributed by atoms with van der Waals surface area (Å²) in [6.07, 6.45) is 4.17. The Morgan fingerprint density at radius 2 is 1.95 bits per heavy atom. The molecule has 1 aromatic heterocycles. The van der Waals surface area contributed by atoms with Crippen molar-refractivity contribution in [3.63, 3.8) is 0 Å². The van der Waals surface area contributed by atoms with Crippen LogP contribution < -0.4 is 5.73 Å². The Balaban J connectivity index is 1.84. The maximum atomic E-state index is 12.4. The van der Waals surface area contributed by atoms with Crippen molar-refractivity contribution < 1.29 is 4.79 Å². The Hall–Kier alpha value is -2.36. The number of pyridine rings is 1. The number of benzene rings is 1. The molecule has 1 aliphatic rings. The number of anilines is 1. The van der Waals surface area contributed by atoms with Crippen molar-refractivity contribution in [3.05, 3.63) is 59.4 Å². The Bertz CT molecular complexity index is 610. The SMILES string of the molecule is Nc1ccc2c(c1)CN(C(=O)c1ccncc1)CC2. The normalized spacial score (nSPS) is 14.0. The quantitative estimate of drug-likeness (QED) is 0.789. The molecule has 1 amide bonds. The largest absolute Gasteiger partial charge is 0.399 e. The lowest BCUT2D eigenvalue weighted by atomic mass is 9.98. The Morgan fingerprint density at radius 3 is 2.74 bits per heavy atom. The second-order valence-corrected chi connectivity index (χ2v) is 4.74. The molecule has 1 aromatic carbocycles. The minimum atomic E-state index is 0.0514. The molecule has 2 aromatic rings. The van der Waals surface area contributed by atoms with E-state index in [0.717, 1.165) is 24.2 Å². The number of aromatic nitrogens is 1. The number of nitrogen functional groups attached to an aromatic ring is 1. The molecule has 0 spiro atoms. The molecule has 19 heavy (non-hydrogen) atoms. The zero-order chi connectivity index (χ0) is 13.2. The highest BCUT2D eigenvalue weighted by atomic mass is 16.2. The van der Waals surface area contributed by atoms with Crippen LogP contribution in [0.3, 0.4) is 0 Å². The van der Waals surface area contributed by atoms with E-state index in [4.69, 9.17) is 5.73 Å². The van der Waals surface area contributed by atoms with E-state index < -0.39 is 0 Å². The van der Waals surface area contributed by atoms with Gasteiger partial charge in [-0.1, -0.05) is 6.07 Å². The molecule has 0 fully saturated rings. The van der Waals surface area contributed by atoms with Crippen LogP contribution in [0.15, 0.2) is 42.7 Å². The lowest BCUT2D eigenvalue weighted by Crippen LogP contribution is -2.36. The molecule has 0 saturated carbocycles. The summed E-state index contributed by atoms with van der Waals surface area (Å²) in [4.78, 5) is 18.2. The molecule has 4 nitrogen and oxygen atoms in total. The first-order chi connectivity index (χ1) is 9.24. The van der Waals surface area contributed by atoms with Crippen LogP contribution in [-0.2, 0) is 13.0 Å². The van der Waals surface area contributed by atoms with E-state index >= 15 is 0 Å². The van der Waals surface area contributed by atoms with Gasteiger partial charge in [-0.05, 0) is 41.8 Å². The van der Waals surface area contributed by atoms with Crippen molar-refractivity contribution in [3.8, 4) is 0 Å². The molecule has 0 radical (unpaired) electrons. The lowest BCUT2D eigenvalue weighted by Gasteiger charge is -2.29. The Kier molecular flexibility index (Phi) is 2.91. The Labute approximate surface area is 111 Å². The van der Waals surface area contributed by atoms with Gasteiger partial charge in [0, 0.05) is 36.7 Å². The summed E-state index contributed by atoms with van der Waals surface area (Å²) < 4.78 is 0. The highest BCUT2D eigenvalue weighted by Gasteiger charge is 2.21. The smallest absolute Gasteiger partial charge is 0.254 e. The topological polar surface area (TPSA) is 59.2 Å². The van der Waals surface area contributed by atoms with Crippen LogP contribution in [-0.4, -0.2) is 22.3 Å². The summed E-state index contributed by atoms with van der Waals surface area (Å²) in [6, 6.07) is 9.42. The molecular weight excluding hydrogens is 238 g/mol. The maximum absolute atomic E-state index is 12.4. The number of nitrogens with zero attached hydrogens (tertiary/aromatic N) is 2. The average Bonchev–Trinajstić information content (AvgIpc) is 2.46. The highest BCUT2D eigenvalue weighted by Crippen LogP contribution is 2.22. The fourth-order valence-corrected chi connectivity index (χ4v) is 2.43. The van der Waals surface area contributed by atoms with Gasteiger partial charge >= 0.3 is 0 Å². The summed E-state index contributed by atoms with van der Waals surface area (Å²) in [7, 11) is 0. The summed E-state index contributed by atoms with van der Waals surface area (Å²) >= 11 is 0. The van der Waals surface area contributed by atoms with Gasteiger partial charge < -0.3 is 10.6 Å². The zero-order valence-electron chi connectivity index (χ0n) is 10.5. The first-order valence-electron chi connectivity index (χ1n) is 6.30. The number of fused-ring (bicyclic) bond motifs is 1. The van der Waals surface area contributed by atoms with Gasteiger partial charge in [0.1, 0.15) is 0 Å². The predicted molar refractivity (Wildman–Crippen MR) is 73.5 cm³/mol. The van der Waals surface area contributed by atoms with Crippen LogP contribution in [0.25, 0.3) is 0 Å². The minimum absolute atomic E-state index is 0.0514. The molecule has 0 saturated heterocycles. The molecule has 2 heterocycles. The number of hydrogen-bond acceptors (Lipinski definition) is 3. The van der Waals surface area contributed by atoms with E-state index in [2.05, 4.69) is 11.1 Å². The van der Waals surface area contributed by atoms with Crippen molar-refractivity contribution in [2.24, 2.45) is 0 Å². The second-order valence-electron chi connectivity index (χ2n) is 4.74. The molecule has 0 atom stereocenters. The van der Waals surface area contributed by atoms with Gasteiger partial charge in [-0.25, -0.2) is 0 Å². The fourth-order valence-electron chi connectivity index (χ4n) is 2.43. The molecule has 4 heteroatoms. The second kappa shape index (κ2) is 4.72. The number of hydrogen-bond donors (Lipinski definition) is 1. The van der Waals surface area contributed by atoms with E-state index in [-0.39, 0.29) is 5.91 Å². The fraction of sp³-hybridized carbons (Fsp3) is 0.200. The maximum Gasteiger partial charge on any atom is 0.254 e. The number of carbonyl (C=O) groups is 1. The third kappa shape index (κ3) is 2.29. The van der Waals surface area contributed by atoms with E-state index in [0.29, 0.717) is 12.1 Å². The lowest BCUT2D eigenvalue weighted by molar-refractivity contribution is 0.0734. The molecule has 0 aliphatic carbocycles. The molecular formula is C15H15N3O. The van der Waals surface area contributed by atoms with Gasteiger partial charge in [0.15, 0.2) is 0 Å². The molecule has 96 valence electrons. The van der Waals surface area contributed by atoms with Gasteiger partial charge in [0.2, 0.25) is 0 Å². The predicted octanol–water partition coefficient (Wildman–Crippen LogP) is 1.86. The molecule has 1 aliphatic heterocycles. The first kappa shape index (κ1) is 11.7. The van der Waals surface area contributed by atoms with Crippen LogP contribution in [0.5, 0.6) is 0 Å². The van der Waals surface area contributed by atoms with Crippen molar-refractivity contribution in [2.75, 3.05) is 12.3 Å². The summed E-state index contributed by atoms with van der Waals surface area (Å²) in [5, 5.41) is 0. The number of nitrogens with two attached hydrogens (primary N) is 1. The standard InChI is InChI=1S/C15H15N3O/c16-14-2-1-11-5-8-18(10-13(11)9-14)15(19)12-3-6-17-7-4-12/h1-4,6-7,9H,5,8,10,16H2. The first-order valence-corrected chi connectivity index (χ1v) is 6.30. The van der Waals surface area contributed by atoms with Crippen molar-refractivity contribution in [1.29, 1.82) is 0 Å². The molecule has 2 N–H and O–H groups in total. The van der Waals surface area contributed by atoms with Crippen molar-refractivity contribution >= 4 is 11.6 Å². The van der Waals surface area contributed by atoms with Crippen molar-refractivity contribution in [1.82, 2.24) is 9.88 Å². The van der Waals surface area contributed by atoms with Gasteiger partial charge in [0.05, 0.1) is 0 Å². The third-order valence-electron chi connectivity index (χ3n) is 3.46. The Morgan fingerprint density at radius 1 is 1.16 bits per heavy atom. The van der Waals surface area contributed by atoms with Gasteiger partial charge in [0.25, 0.3) is 5.91 Å². The average molecular weight is 253 g/mol. The monoisotopic (exact) mass is 253 g/mol. The number of rotatable bonds is 1.